The van der Waals surface area contributed by atoms with Gasteiger partial charge >= 0.3 is 0 Å². The van der Waals surface area contributed by atoms with Crippen molar-refractivity contribution < 1.29 is 0 Å². The lowest BCUT2D eigenvalue weighted by Gasteiger charge is -2.27. The van der Waals surface area contributed by atoms with E-state index < -0.39 is 0 Å². The van der Waals surface area contributed by atoms with Gasteiger partial charge in [0.15, 0.2) is 0 Å². The van der Waals surface area contributed by atoms with Crippen LogP contribution >= 0.6 is 0 Å². The van der Waals surface area contributed by atoms with E-state index in [1.54, 1.807) is 0 Å². The van der Waals surface area contributed by atoms with E-state index in [1.807, 2.05) is 6.07 Å². The van der Waals surface area contributed by atoms with Gasteiger partial charge in [-0.2, -0.15) is 0 Å². The number of benzene rings is 1. The van der Waals surface area contributed by atoms with Crippen LogP contribution in [0, 0.1) is 6.07 Å². The summed E-state index contributed by atoms with van der Waals surface area (Å²) in [7, 11) is 0. The molecule has 1 atom stereocenters. The Morgan fingerprint density at radius 2 is 2.41 bits per heavy atom. The second kappa shape index (κ2) is 5.09. The molecule has 0 bridgehead atoms. The van der Waals surface area contributed by atoms with Gasteiger partial charge in [-0.3, -0.25) is 0 Å². The average Bonchev–Trinajstić information content (AvgIpc) is 2.81. The average molecular weight is 229 g/mol. The predicted octanol–water partition coefficient (Wildman–Crippen LogP) is 2.38. The topological polar surface area (TPSA) is 15.3 Å². The highest BCUT2D eigenvalue weighted by atomic mass is 15.1. The molecule has 1 radical (unpaired) electrons. The van der Waals surface area contributed by atoms with E-state index in [0.29, 0.717) is 0 Å². The molecule has 1 saturated heterocycles. The maximum Gasteiger partial charge on any atom is 0.0405 e. The molecular weight excluding hydrogens is 208 g/mol. The van der Waals surface area contributed by atoms with E-state index in [9.17, 15) is 0 Å². The van der Waals surface area contributed by atoms with Gasteiger partial charge in [0.1, 0.15) is 0 Å². The van der Waals surface area contributed by atoms with Crippen molar-refractivity contribution in [2.75, 3.05) is 24.5 Å². The third kappa shape index (κ3) is 2.47. The Labute approximate surface area is 104 Å². The van der Waals surface area contributed by atoms with Crippen LogP contribution < -0.4 is 10.2 Å². The fourth-order valence-corrected chi connectivity index (χ4v) is 3.05. The van der Waals surface area contributed by atoms with Gasteiger partial charge in [-0.15, -0.1) is 0 Å². The minimum Gasteiger partial charge on any atom is -0.371 e. The zero-order valence-corrected chi connectivity index (χ0v) is 10.4. The van der Waals surface area contributed by atoms with Crippen molar-refractivity contribution in [3.63, 3.8) is 0 Å². The Kier molecular flexibility index (Phi) is 3.32. The van der Waals surface area contributed by atoms with Crippen molar-refractivity contribution in [3.05, 3.63) is 29.8 Å². The van der Waals surface area contributed by atoms with Crippen LogP contribution in [-0.4, -0.2) is 25.7 Å². The van der Waals surface area contributed by atoms with Gasteiger partial charge in [-0.05, 0) is 49.9 Å². The molecule has 0 spiro atoms. The van der Waals surface area contributed by atoms with E-state index in [2.05, 4.69) is 28.4 Å². The molecule has 3 rings (SSSR count). The van der Waals surface area contributed by atoms with Crippen molar-refractivity contribution in [1.29, 1.82) is 0 Å². The monoisotopic (exact) mass is 229 g/mol. The molecular formula is C15H21N2. The van der Waals surface area contributed by atoms with Crippen molar-refractivity contribution in [2.45, 2.75) is 38.1 Å². The minimum atomic E-state index is 0.750. The second-order valence-electron chi connectivity index (χ2n) is 5.23. The van der Waals surface area contributed by atoms with Crippen molar-refractivity contribution >= 4 is 5.69 Å². The lowest BCUT2D eigenvalue weighted by atomic mass is 10.0. The first-order valence-electron chi connectivity index (χ1n) is 6.91. The smallest absolute Gasteiger partial charge is 0.0405 e. The molecule has 0 amide bonds. The van der Waals surface area contributed by atoms with E-state index in [1.165, 1.54) is 63.0 Å². The van der Waals surface area contributed by atoms with Gasteiger partial charge in [0, 0.05) is 24.8 Å². The number of nitrogens with one attached hydrogen (secondary N) is 1. The molecule has 2 aliphatic heterocycles. The van der Waals surface area contributed by atoms with E-state index in [-0.39, 0.29) is 0 Å². The number of nitrogens with zero attached hydrogens (tertiary/aromatic N) is 1. The van der Waals surface area contributed by atoms with Crippen LogP contribution in [0.5, 0.6) is 0 Å². The van der Waals surface area contributed by atoms with Crippen LogP contribution in [0.1, 0.15) is 31.2 Å². The number of piperidine rings is 1. The molecule has 2 aliphatic rings. The van der Waals surface area contributed by atoms with E-state index in [0.717, 1.165) is 6.04 Å². The van der Waals surface area contributed by atoms with E-state index >= 15 is 0 Å². The molecule has 1 aromatic carbocycles. The van der Waals surface area contributed by atoms with Crippen LogP contribution in [0.2, 0.25) is 0 Å². The molecule has 1 fully saturated rings. The summed E-state index contributed by atoms with van der Waals surface area (Å²) in [5, 5.41) is 3.63. The lowest BCUT2D eigenvalue weighted by Crippen LogP contribution is -2.37. The number of hydrogen-bond donors (Lipinski definition) is 1. The molecule has 1 unspecified atom stereocenters. The summed E-state index contributed by atoms with van der Waals surface area (Å²) >= 11 is 0. The first-order chi connectivity index (χ1) is 8.43. The van der Waals surface area contributed by atoms with Crippen molar-refractivity contribution in [1.82, 2.24) is 5.32 Å². The molecule has 2 heterocycles. The normalized spacial score (nSPS) is 23.8. The van der Waals surface area contributed by atoms with Gasteiger partial charge in [0.2, 0.25) is 0 Å². The SMILES string of the molecule is [c]1ccc2c(c1)N(CCC1CCCCN1)CC2. The second-order valence-corrected chi connectivity index (χ2v) is 5.23. The predicted molar refractivity (Wildman–Crippen MR) is 71.5 cm³/mol. The van der Waals surface area contributed by atoms with Crippen molar-refractivity contribution in [3.8, 4) is 0 Å². The van der Waals surface area contributed by atoms with Gasteiger partial charge in [-0.25, -0.2) is 0 Å². The summed E-state index contributed by atoms with van der Waals surface area (Å²) in [4.78, 5) is 2.53. The fraction of sp³-hybridized carbons (Fsp3) is 0.600. The van der Waals surface area contributed by atoms with Crippen molar-refractivity contribution in [2.24, 2.45) is 0 Å². The molecule has 2 nitrogen and oxygen atoms in total. The number of anilines is 1. The van der Waals surface area contributed by atoms with Crippen LogP contribution in [-0.2, 0) is 6.42 Å². The highest BCUT2D eigenvalue weighted by molar-refractivity contribution is 5.57. The van der Waals surface area contributed by atoms with Gasteiger partial charge in [0.05, 0.1) is 0 Å². The summed E-state index contributed by atoms with van der Waals surface area (Å²) in [5.74, 6) is 0. The zero-order chi connectivity index (χ0) is 11.5. The fourth-order valence-electron chi connectivity index (χ4n) is 3.05. The molecule has 17 heavy (non-hydrogen) atoms. The van der Waals surface area contributed by atoms with Gasteiger partial charge in [0.25, 0.3) is 0 Å². The maximum absolute atomic E-state index is 3.63. The van der Waals surface area contributed by atoms with Crippen LogP contribution in [0.4, 0.5) is 5.69 Å². The van der Waals surface area contributed by atoms with Gasteiger partial charge < -0.3 is 10.2 Å². The Hall–Kier alpha value is -1.02. The minimum absolute atomic E-state index is 0.750. The zero-order valence-electron chi connectivity index (χ0n) is 10.4. The summed E-state index contributed by atoms with van der Waals surface area (Å²) < 4.78 is 0. The first-order valence-corrected chi connectivity index (χ1v) is 6.91. The van der Waals surface area contributed by atoms with Crippen LogP contribution in [0.25, 0.3) is 0 Å². The maximum atomic E-state index is 3.63. The summed E-state index contributed by atoms with van der Waals surface area (Å²) in [5.41, 5.74) is 2.92. The Bertz CT molecular complexity index is 369. The van der Waals surface area contributed by atoms with E-state index in [4.69, 9.17) is 0 Å². The highest BCUT2D eigenvalue weighted by Crippen LogP contribution is 2.27. The summed E-state index contributed by atoms with van der Waals surface area (Å²) in [6.07, 6.45) is 6.62. The molecule has 0 saturated carbocycles. The molecule has 0 aromatic heterocycles. The third-order valence-electron chi connectivity index (χ3n) is 4.08. The lowest BCUT2D eigenvalue weighted by molar-refractivity contribution is 0.383. The van der Waals surface area contributed by atoms with Crippen LogP contribution in [0.15, 0.2) is 18.2 Å². The molecule has 91 valence electrons. The number of rotatable bonds is 3. The van der Waals surface area contributed by atoms with Crippen LogP contribution in [0.3, 0.4) is 0 Å². The largest absolute Gasteiger partial charge is 0.371 e. The number of fused-ring (bicyclic) bond motifs is 1. The quantitative estimate of drug-likeness (QED) is 0.856. The Morgan fingerprint density at radius 1 is 1.41 bits per heavy atom. The Morgan fingerprint density at radius 3 is 3.29 bits per heavy atom. The molecule has 1 aromatic rings. The van der Waals surface area contributed by atoms with Gasteiger partial charge in [-0.1, -0.05) is 18.6 Å². The summed E-state index contributed by atoms with van der Waals surface area (Å²) in [6, 6.07) is 10.4. The standard InChI is InChI=1S/C15H21N2/c1-2-7-15-13(5-1)8-11-17(15)12-9-14-6-3-4-10-16-14/h1,5,7,14,16H,3-4,6,8-12H2. The number of hydrogen-bond acceptors (Lipinski definition) is 2. The third-order valence-corrected chi connectivity index (χ3v) is 4.08. The summed E-state index contributed by atoms with van der Waals surface area (Å²) in [6.45, 7) is 3.61. The molecule has 2 heteroatoms. The molecule has 1 N–H and O–H groups in total. The Balaban J connectivity index is 1.56. The highest BCUT2D eigenvalue weighted by Gasteiger charge is 2.20. The molecule has 0 aliphatic carbocycles. The first kappa shape index (κ1) is 11.1.